The Morgan fingerprint density at radius 1 is 1.19 bits per heavy atom. The Labute approximate surface area is 207 Å². The lowest BCUT2D eigenvalue weighted by Gasteiger charge is -2.18. The van der Waals surface area contributed by atoms with Crippen molar-refractivity contribution in [2.75, 3.05) is 38.2 Å². The van der Waals surface area contributed by atoms with E-state index < -0.39 is 0 Å². The summed E-state index contributed by atoms with van der Waals surface area (Å²) in [7, 11) is 1.80. The highest BCUT2D eigenvalue weighted by Crippen LogP contribution is 2.24. The van der Waals surface area contributed by atoms with E-state index in [1.165, 1.54) is 23.5 Å². The van der Waals surface area contributed by atoms with Crippen molar-refractivity contribution in [2.24, 2.45) is 10.9 Å². The second-order valence-electron chi connectivity index (χ2n) is 8.20. The first-order chi connectivity index (χ1) is 14.5. The molecule has 1 aliphatic rings. The standard InChI is InChI=1S/C23H35N5OS.HI/c1-17(2)15-29-21-9-7-19(8-10-21)18(3)26-22(24-4)25-12-11-20-16-30-23(27-20)28-13-5-6-14-28;/h7-10,16-18H,5-6,11-15H2,1-4H3,(H2,24,25,26);1H. The van der Waals surface area contributed by atoms with E-state index in [1.807, 2.05) is 12.1 Å². The first-order valence-electron chi connectivity index (χ1n) is 10.9. The van der Waals surface area contributed by atoms with Crippen molar-refractivity contribution >= 4 is 46.4 Å². The molecule has 8 heteroatoms. The molecule has 3 rings (SSSR count). The molecule has 2 aromatic rings. The SMILES string of the molecule is CN=C(NCCc1csc(N2CCCC2)n1)NC(C)c1ccc(OCC(C)C)cc1.I. The third kappa shape index (κ3) is 8.14. The molecule has 1 aromatic heterocycles. The molecule has 0 radical (unpaired) electrons. The highest BCUT2D eigenvalue weighted by Gasteiger charge is 2.15. The quantitative estimate of drug-likeness (QED) is 0.262. The average molecular weight is 558 g/mol. The minimum absolute atomic E-state index is 0. The number of nitrogens with zero attached hydrogens (tertiary/aromatic N) is 3. The molecule has 1 aliphatic heterocycles. The highest BCUT2D eigenvalue weighted by molar-refractivity contribution is 14.0. The Bertz CT molecular complexity index is 803. The van der Waals surface area contributed by atoms with Gasteiger partial charge in [0.25, 0.3) is 0 Å². The van der Waals surface area contributed by atoms with Crippen LogP contribution in [0.5, 0.6) is 5.75 Å². The van der Waals surface area contributed by atoms with E-state index in [-0.39, 0.29) is 30.0 Å². The van der Waals surface area contributed by atoms with E-state index >= 15 is 0 Å². The molecule has 0 spiro atoms. The second-order valence-corrected chi connectivity index (χ2v) is 9.04. The fourth-order valence-corrected chi connectivity index (χ4v) is 4.29. The number of aromatic nitrogens is 1. The van der Waals surface area contributed by atoms with Crippen LogP contribution in [0.3, 0.4) is 0 Å². The monoisotopic (exact) mass is 557 g/mol. The summed E-state index contributed by atoms with van der Waals surface area (Å²) >= 11 is 1.76. The van der Waals surface area contributed by atoms with Crippen molar-refractivity contribution in [3.8, 4) is 5.75 Å². The zero-order valence-electron chi connectivity index (χ0n) is 19.1. The van der Waals surface area contributed by atoms with Crippen LogP contribution in [0.25, 0.3) is 0 Å². The van der Waals surface area contributed by atoms with Crippen LogP contribution in [0.1, 0.15) is 50.9 Å². The third-order valence-electron chi connectivity index (χ3n) is 5.13. The molecule has 0 amide bonds. The van der Waals surface area contributed by atoms with Crippen molar-refractivity contribution in [3.05, 3.63) is 40.9 Å². The zero-order valence-corrected chi connectivity index (χ0v) is 22.2. The van der Waals surface area contributed by atoms with Crippen molar-refractivity contribution in [1.29, 1.82) is 0 Å². The lowest BCUT2D eigenvalue weighted by molar-refractivity contribution is 0.271. The molecule has 0 aliphatic carbocycles. The Morgan fingerprint density at radius 3 is 2.55 bits per heavy atom. The van der Waals surface area contributed by atoms with Crippen LogP contribution < -0.4 is 20.3 Å². The van der Waals surface area contributed by atoms with Crippen LogP contribution in [0.15, 0.2) is 34.6 Å². The van der Waals surface area contributed by atoms with Gasteiger partial charge in [-0.3, -0.25) is 4.99 Å². The number of hydrogen-bond acceptors (Lipinski definition) is 5. The number of hydrogen-bond donors (Lipinski definition) is 2. The summed E-state index contributed by atoms with van der Waals surface area (Å²) in [5.41, 5.74) is 2.35. The van der Waals surface area contributed by atoms with Crippen LogP contribution in [0, 0.1) is 5.92 Å². The highest BCUT2D eigenvalue weighted by atomic mass is 127. The van der Waals surface area contributed by atoms with Crippen LogP contribution >= 0.6 is 35.3 Å². The van der Waals surface area contributed by atoms with Gasteiger partial charge in [-0.1, -0.05) is 26.0 Å². The van der Waals surface area contributed by atoms with E-state index in [1.54, 1.807) is 18.4 Å². The molecule has 1 saturated heterocycles. The molecule has 1 aromatic carbocycles. The fraction of sp³-hybridized carbons (Fsp3) is 0.565. The number of halogens is 1. The number of aliphatic imine (C=N–C) groups is 1. The summed E-state index contributed by atoms with van der Waals surface area (Å²) in [6, 6.07) is 8.43. The number of rotatable bonds is 9. The fourth-order valence-electron chi connectivity index (χ4n) is 3.37. The van der Waals surface area contributed by atoms with E-state index in [2.05, 4.69) is 58.8 Å². The Balaban J connectivity index is 0.00000341. The maximum Gasteiger partial charge on any atom is 0.191 e. The average Bonchev–Trinajstić information content (AvgIpc) is 3.43. The predicted molar refractivity (Wildman–Crippen MR) is 142 cm³/mol. The minimum Gasteiger partial charge on any atom is -0.493 e. The molecule has 172 valence electrons. The van der Waals surface area contributed by atoms with Gasteiger partial charge >= 0.3 is 0 Å². The molecular formula is C23H36IN5OS. The Kier molecular flexibility index (Phi) is 10.9. The normalized spacial score (nSPS) is 15.0. The summed E-state index contributed by atoms with van der Waals surface area (Å²) in [6.45, 7) is 10.3. The van der Waals surface area contributed by atoms with Crippen LogP contribution in [0.2, 0.25) is 0 Å². The molecule has 1 atom stereocenters. The minimum atomic E-state index is 0. The largest absolute Gasteiger partial charge is 0.493 e. The first kappa shape index (κ1) is 25.7. The molecular weight excluding hydrogens is 521 g/mol. The van der Waals surface area contributed by atoms with Gasteiger partial charge in [-0.25, -0.2) is 4.98 Å². The van der Waals surface area contributed by atoms with Gasteiger partial charge in [0, 0.05) is 38.5 Å². The van der Waals surface area contributed by atoms with E-state index in [4.69, 9.17) is 9.72 Å². The topological polar surface area (TPSA) is 61.8 Å². The Hall–Kier alpha value is -1.55. The summed E-state index contributed by atoms with van der Waals surface area (Å²) in [5.74, 6) is 2.24. The maximum absolute atomic E-state index is 5.77. The van der Waals surface area contributed by atoms with Gasteiger partial charge in [0.2, 0.25) is 0 Å². The second kappa shape index (κ2) is 13.1. The Morgan fingerprint density at radius 2 is 1.90 bits per heavy atom. The summed E-state index contributed by atoms with van der Waals surface area (Å²) in [4.78, 5) is 11.5. The van der Waals surface area contributed by atoms with Crippen LogP contribution in [-0.2, 0) is 6.42 Å². The smallest absolute Gasteiger partial charge is 0.191 e. The molecule has 0 bridgehead atoms. The van der Waals surface area contributed by atoms with Gasteiger partial charge in [0.15, 0.2) is 11.1 Å². The van der Waals surface area contributed by atoms with Crippen molar-refractivity contribution in [1.82, 2.24) is 15.6 Å². The maximum atomic E-state index is 5.77. The summed E-state index contributed by atoms with van der Waals surface area (Å²) in [5, 5.41) is 10.2. The van der Waals surface area contributed by atoms with Gasteiger partial charge < -0.3 is 20.3 Å². The molecule has 2 heterocycles. The third-order valence-corrected chi connectivity index (χ3v) is 6.08. The zero-order chi connectivity index (χ0) is 21.3. The summed E-state index contributed by atoms with van der Waals surface area (Å²) < 4.78 is 5.77. The van der Waals surface area contributed by atoms with Crippen molar-refractivity contribution in [3.63, 3.8) is 0 Å². The number of ether oxygens (including phenoxy) is 1. The molecule has 2 N–H and O–H groups in total. The summed E-state index contributed by atoms with van der Waals surface area (Å²) in [6.07, 6.45) is 3.45. The molecule has 31 heavy (non-hydrogen) atoms. The van der Waals surface area contributed by atoms with Crippen molar-refractivity contribution < 1.29 is 4.74 Å². The molecule has 1 fully saturated rings. The van der Waals surface area contributed by atoms with Crippen molar-refractivity contribution in [2.45, 2.75) is 46.1 Å². The van der Waals surface area contributed by atoms with Gasteiger partial charge in [-0.15, -0.1) is 35.3 Å². The van der Waals surface area contributed by atoms with Gasteiger partial charge in [0.05, 0.1) is 18.3 Å². The number of guanidine groups is 1. The van der Waals surface area contributed by atoms with Gasteiger partial charge in [-0.2, -0.15) is 0 Å². The predicted octanol–water partition coefficient (Wildman–Crippen LogP) is 4.86. The molecule has 6 nitrogen and oxygen atoms in total. The lowest BCUT2D eigenvalue weighted by Crippen LogP contribution is -2.39. The van der Waals surface area contributed by atoms with Gasteiger partial charge in [0.1, 0.15) is 5.75 Å². The van der Waals surface area contributed by atoms with Crippen LogP contribution in [-0.4, -0.2) is 44.2 Å². The lowest BCUT2D eigenvalue weighted by atomic mass is 10.1. The van der Waals surface area contributed by atoms with E-state index in [9.17, 15) is 0 Å². The molecule has 1 unspecified atom stereocenters. The number of benzene rings is 1. The van der Waals surface area contributed by atoms with Gasteiger partial charge in [-0.05, 0) is 43.4 Å². The van der Waals surface area contributed by atoms with Crippen LogP contribution in [0.4, 0.5) is 5.13 Å². The first-order valence-corrected chi connectivity index (χ1v) is 11.8. The van der Waals surface area contributed by atoms with E-state index in [0.29, 0.717) is 5.92 Å². The molecule has 0 saturated carbocycles. The number of thiazole rings is 1. The number of anilines is 1. The van der Waals surface area contributed by atoms with E-state index in [0.717, 1.165) is 50.1 Å². The number of nitrogens with one attached hydrogen (secondary N) is 2.